The van der Waals surface area contributed by atoms with Crippen molar-refractivity contribution in [1.29, 1.82) is 0 Å². The Balaban J connectivity index is 1.77. The third-order valence-corrected chi connectivity index (χ3v) is 3.51. The number of carbonyl (C=O) groups is 1. The van der Waals surface area contributed by atoms with Crippen LogP contribution in [0.3, 0.4) is 0 Å². The lowest BCUT2D eigenvalue weighted by Crippen LogP contribution is -2.34. The number of carbonyl (C=O) groups excluding carboxylic acids is 1. The highest BCUT2D eigenvalue weighted by Gasteiger charge is 2.24. The van der Waals surface area contributed by atoms with Crippen LogP contribution < -0.4 is 5.32 Å². The van der Waals surface area contributed by atoms with Crippen LogP contribution in [0.15, 0.2) is 10.6 Å². The largest absolute Gasteiger partial charge is 0.355 e. The SMILES string of the molecule is CC(C)c1cc(-c2nc(C3CCC(=O)NC3)no2)n[nH]1. The number of hydrogen-bond acceptors (Lipinski definition) is 5. The van der Waals surface area contributed by atoms with Gasteiger partial charge in [-0.15, -0.1) is 0 Å². The van der Waals surface area contributed by atoms with Crippen molar-refractivity contribution >= 4 is 5.91 Å². The van der Waals surface area contributed by atoms with Crippen molar-refractivity contribution in [2.24, 2.45) is 0 Å². The molecule has 2 aromatic rings. The Kier molecular flexibility index (Phi) is 3.25. The molecule has 106 valence electrons. The van der Waals surface area contributed by atoms with E-state index in [1.165, 1.54) is 0 Å². The summed E-state index contributed by atoms with van der Waals surface area (Å²) in [6.45, 7) is 4.73. The number of nitrogens with zero attached hydrogens (tertiary/aromatic N) is 3. The molecule has 0 saturated carbocycles. The van der Waals surface area contributed by atoms with Crippen LogP contribution in [0.4, 0.5) is 0 Å². The van der Waals surface area contributed by atoms with Crippen molar-refractivity contribution < 1.29 is 9.32 Å². The van der Waals surface area contributed by atoms with Gasteiger partial charge in [0, 0.05) is 24.6 Å². The molecule has 7 nitrogen and oxygen atoms in total. The molecule has 1 aliphatic rings. The molecule has 2 aromatic heterocycles. The molecule has 1 unspecified atom stereocenters. The number of H-pyrrole nitrogens is 1. The summed E-state index contributed by atoms with van der Waals surface area (Å²) in [7, 11) is 0. The van der Waals surface area contributed by atoms with Crippen LogP contribution in [0.5, 0.6) is 0 Å². The zero-order valence-electron chi connectivity index (χ0n) is 11.5. The van der Waals surface area contributed by atoms with Crippen LogP contribution in [0.25, 0.3) is 11.6 Å². The van der Waals surface area contributed by atoms with E-state index in [9.17, 15) is 4.79 Å². The first-order valence-corrected chi connectivity index (χ1v) is 6.79. The number of hydrogen-bond donors (Lipinski definition) is 2. The minimum Gasteiger partial charge on any atom is -0.355 e. The quantitative estimate of drug-likeness (QED) is 0.886. The van der Waals surface area contributed by atoms with E-state index in [1.54, 1.807) is 0 Å². The Morgan fingerprint density at radius 2 is 2.30 bits per heavy atom. The van der Waals surface area contributed by atoms with E-state index in [1.807, 2.05) is 6.07 Å². The van der Waals surface area contributed by atoms with Crippen molar-refractivity contribution in [2.45, 2.75) is 38.5 Å². The zero-order chi connectivity index (χ0) is 14.1. The van der Waals surface area contributed by atoms with Gasteiger partial charge in [0.25, 0.3) is 5.89 Å². The van der Waals surface area contributed by atoms with E-state index in [0.717, 1.165) is 12.1 Å². The summed E-state index contributed by atoms with van der Waals surface area (Å²) in [5.74, 6) is 1.62. The molecule has 20 heavy (non-hydrogen) atoms. The van der Waals surface area contributed by atoms with Gasteiger partial charge in [0.05, 0.1) is 0 Å². The second-order valence-electron chi connectivity index (χ2n) is 5.36. The van der Waals surface area contributed by atoms with Crippen molar-refractivity contribution in [2.75, 3.05) is 6.54 Å². The summed E-state index contributed by atoms with van der Waals surface area (Å²) < 4.78 is 5.27. The van der Waals surface area contributed by atoms with Gasteiger partial charge in [0.15, 0.2) is 11.5 Å². The highest BCUT2D eigenvalue weighted by atomic mass is 16.5. The predicted octanol–water partition coefficient (Wildman–Crippen LogP) is 1.58. The number of aromatic amines is 1. The van der Waals surface area contributed by atoms with E-state index < -0.39 is 0 Å². The summed E-state index contributed by atoms with van der Waals surface area (Å²) in [4.78, 5) is 15.5. The number of piperidine rings is 1. The maximum absolute atomic E-state index is 11.1. The van der Waals surface area contributed by atoms with Gasteiger partial charge >= 0.3 is 0 Å². The smallest absolute Gasteiger partial charge is 0.278 e. The molecule has 1 amide bonds. The molecule has 3 heterocycles. The summed E-state index contributed by atoms with van der Waals surface area (Å²) in [6, 6.07) is 1.92. The molecule has 1 saturated heterocycles. The number of nitrogens with one attached hydrogen (secondary N) is 2. The third kappa shape index (κ3) is 2.43. The van der Waals surface area contributed by atoms with Gasteiger partial charge in [-0.25, -0.2) is 0 Å². The Morgan fingerprint density at radius 1 is 1.45 bits per heavy atom. The third-order valence-electron chi connectivity index (χ3n) is 3.51. The average molecular weight is 275 g/mol. The second-order valence-corrected chi connectivity index (χ2v) is 5.36. The van der Waals surface area contributed by atoms with Gasteiger partial charge in [0.1, 0.15) is 0 Å². The molecule has 1 atom stereocenters. The summed E-state index contributed by atoms with van der Waals surface area (Å²) >= 11 is 0. The lowest BCUT2D eigenvalue weighted by atomic mass is 9.99. The first-order chi connectivity index (χ1) is 9.63. The fourth-order valence-corrected chi connectivity index (χ4v) is 2.20. The Morgan fingerprint density at radius 3 is 2.95 bits per heavy atom. The predicted molar refractivity (Wildman–Crippen MR) is 71.0 cm³/mol. The lowest BCUT2D eigenvalue weighted by molar-refractivity contribution is -0.122. The van der Waals surface area contributed by atoms with E-state index in [2.05, 4.69) is 39.5 Å². The topological polar surface area (TPSA) is 96.7 Å². The van der Waals surface area contributed by atoms with Gasteiger partial charge in [-0.2, -0.15) is 10.1 Å². The van der Waals surface area contributed by atoms with Crippen molar-refractivity contribution in [3.05, 3.63) is 17.6 Å². The Bertz CT molecular complexity index is 606. The highest BCUT2D eigenvalue weighted by Crippen LogP contribution is 2.25. The molecular weight excluding hydrogens is 258 g/mol. The maximum atomic E-state index is 11.1. The van der Waals surface area contributed by atoms with Crippen molar-refractivity contribution in [3.63, 3.8) is 0 Å². The highest BCUT2D eigenvalue weighted by molar-refractivity contribution is 5.76. The fourth-order valence-electron chi connectivity index (χ4n) is 2.20. The average Bonchev–Trinajstić information content (AvgIpc) is 3.08. The Labute approximate surface area is 116 Å². The molecule has 1 aliphatic heterocycles. The van der Waals surface area contributed by atoms with Crippen molar-refractivity contribution in [1.82, 2.24) is 25.7 Å². The standard InChI is InChI=1S/C13H17N5O2/c1-7(2)9-5-10(17-16-9)13-15-12(18-20-13)8-3-4-11(19)14-6-8/h5,7-8H,3-4,6H2,1-2H3,(H,14,19)(H,16,17). The van der Waals surface area contributed by atoms with E-state index in [-0.39, 0.29) is 11.8 Å². The van der Waals surface area contributed by atoms with Crippen LogP contribution in [-0.4, -0.2) is 32.8 Å². The molecule has 0 aliphatic carbocycles. The molecule has 0 aromatic carbocycles. The van der Waals surface area contributed by atoms with Gasteiger partial charge < -0.3 is 9.84 Å². The minimum absolute atomic E-state index is 0.0823. The van der Waals surface area contributed by atoms with E-state index in [4.69, 9.17) is 4.52 Å². The van der Waals surface area contributed by atoms with Crippen LogP contribution in [0, 0.1) is 0 Å². The van der Waals surface area contributed by atoms with Gasteiger partial charge in [0.2, 0.25) is 5.91 Å². The van der Waals surface area contributed by atoms with E-state index in [0.29, 0.717) is 36.3 Å². The monoisotopic (exact) mass is 275 g/mol. The van der Waals surface area contributed by atoms with E-state index >= 15 is 0 Å². The number of amides is 1. The fraction of sp³-hybridized carbons (Fsp3) is 0.538. The normalized spacial score (nSPS) is 19.4. The molecule has 0 radical (unpaired) electrons. The molecule has 2 N–H and O–H groups in total. The molecule has 0 bridgehead atoms. The molecule has 0 spiro atoms. The Hall–Kier alpha value is -2.18. The summed E-state index contributed by atoms with van der Waals surface area (Å²) in [5, 5.41) is 14.0. The van der Waals surface area contributed by atoms with Crippen LogP contribution >= 0.6 is 0 Å². The second kappa shape index (κ2) is 5.07. The summed E-state index contributed by atoms with van der Waals surface area (Å²) in [5.41, 5.74) is 1.69. The van der Waals surface area contributed by atoms with Crippen LogP contribution in [-0.2, 0) is 4.79 Å². The zero-order valence-corrected chi connectivity index (χ0v) is 11.5. The molecule has 7 heteroatoms. The van der Waals surface area contributed by atoms with Crippen LogP contribution in [0.1, 0.15) is 50.0 Å². The number of rotatable bonds is 3. The number of aromatic nitrogens is 4. The van der Waals surface area contributed by atoms with Gasteiger partial charge in [-0.05, 0) is 18.4 Å². The van der Waals surface area contributed by atoms with Crippen molar-refractivity contribution in [3.8, 4) is 11.6 Å². The lowest BCUT2D eigenvalue weighted by Gasteiger charge is -2.18. The molecular formula is C13H17N5O2. The van der Waals surface area contributed by atoms with Gasteiger partial charge in [-0.1, -0.05) is 19.0 Å². The molecule has 1 fully saturated rings. The van der Waals surface area contributed by atoms with Gasteiger partial charge in [-0.3, -0.25) is 9.89 Å². The van der Waals surface area contributed by atoms with Crippen LogP contribution in [0.2, 0.25) is 0 Å². The first-order valence-electron chi connectivity index (χ1n) is 6.79. The first kappa shape index (κ1) is 12.8. The maximum Gasteiger partial charge on any atom is 0.278 e. The minimum atomic E-state index is 0.0823. The summed E-state index contributed by atoms with van der Waals surface area (Å²) in [6.07, 6.45) is 1.26. The molecule has 3 rings (SSSR count).